The van der Waals surface area contributed by atoms with Crippen molar-refractivity contribution in [2.24, 2.45) is 0 Å². The first-order valence-electron chi connectivity index (χ1n) is 6.04. The molecule has 1 N–H and O–H groups in total. The molecule has 18 heavy (non-hydrogen) atoms. The Morgan fingerprint density at radius 1 is 1.33 bits per heavy atom. The molecule has 0 spiro atoms. The molecular formula is C14H18O4. The normalized spacial score (nSPS) is 10.1. The van der Waals surface area contributed by atoms with Gasteiger partial charge in [-0.1, -0.05) is 12.1 Å². The van der Waals surface area contributed by atoms with E-state index in [9.17, 15) is 9.59 Å². The molecule has 4 nitrogen and oxygen atoms in total. The number of aldehydes is 1. The van der Waals surface area contributed by atoms with Crippen LogP contribution in [-0.2, 0) is 4.79 Å². The lowest BCUT2D eigenvalue weighted by molar-refractivity contribution is -0.137. The number of rotatable bonds is 8. The number of benzene rings is 1. The molecule has 1 rings (SSSR count). The van der Waals surface area contributed by atoms with E-state index in [-0.39, 0.29) is 6.42 Å². The highest BCUT2D eigenvalue weighted by atomic mass is 16.5. The van der Waals surface area contributed by atoms with Crippen molar-refractivity contribution in [2.75, 3.05) is 6.61 Å². The average Bonchev–Trinajstić information content (AvgIpc) is 2.35. The lowest BCUT2D eigenvalue weighted by Crippen LogP contribution is -2.01. The van der Waals surface area contributed by atoms with E-state index in [1.165, 1.54) is 0 Å². The molecule has 0 aliphatic heterocycles. The average molecular weight is 250 g/mol. The maximum Gasteiger partial charge on any atom is 0.303 e. The van der Waals surface area contributed by atoms with Crippen LogP contribution in [0.5, 0.6) is 5.75 Å². The Morgan fingerprint density at radius 3 is 2.78 bits per heavy atom. The lowest BCUT2D eigenvalue weighted by Gasteiger charge is -2.09. The molecule has 0 aliphatic carbocycles. The van der Waals surface area contributed by atoms with Crippen LogP contribution in [0, 0.1) is 6.92 Å². The highest BCUT2D eigenvalue weighted by Crippen LogP contribution is 2.20. The third-order valence-corrected chi connectivity index (χ3v) is 2.75. The number of carbonyl (C=O) groups is 2. The molecule has 1 aromatic carbocycles. The number of hydrogen-bond acceptors (Lipinski definition) is 3. The summed E-state index contributed by atoms with van der Waals surface area (Å²) >= 11 is 0. The summed E-state index contributed by atoms with van der Waals surface area (Å²) < 4.78 is 5.58. The van der Waals surface area contributed by atoms with Crippen molar-refractivity contribution >= 4 is 12.3 Å². The molecule has 0 saturated heterocycles. The zero-order valence-corrected chi connectivity index (χ0v) is 10.5. The smallest absolute Gasteiger partial charge is 0.303 e. The Hall–Kier alpha value is -1.84. The third kappa shape index (κ3) is 4.57. The molecule has 0 atom stereocenters. The number of carbonyl (C=O) groups excluding carboxylic acids is 1. The predicted molar refractivity (Wildman–Crippen MR) is 68.2 cm³/mol. The summed E-state index contributed by atoms with van der Waals surface area (Å²) in [6.07, 6.45) is 3.34. The van der Waals surface area contributed by atoms with E-state index in [4.69, 9.17) is 9.84 Å². The lowest BCUT2D eigenvalue weighted by atomic mass is 10.1. The van der Waals surface area contributed by atoms with E-state index in [1.54, 1.807) is 12.1 Å². The van der Waals surface area contributed by atoms with Crippen LogP contribution in [0.2, 0.25) is 0 Å². The molecule has 0 aliphatic rings. The van der Waals surface area contributed by atoms with Gasteiger partial charge in [0.15, 0.2) is 0 Å². The van der Waals surface area contributed by atoms with Crippen LogP contribution in [0.1, 0.15) is 41.6 Å². The Kier molecular flexibility index (Phi) is 5.91. The van der Waals surface area contributed by atoms with E-state index in [2.05, 4.69) is 0 Å². The van der Waals surface area contributed by atoms with Crippen LogP contribution >= 0.6 is 0 Å². The van der Waals surface area contributed by atoms with Crippen LogP contribution in [0.4, 0.5) is 0 Å². The highest BCUT2D eigenvalue weighted by molar-refractivity contribution is 5.78. The van der Waals surface area contributed by atoms with E-state index < -0.39 is 5.97 Å². The van der Waals surface area contributed by atoms with Crippen molar-refractivity contribution in [3.05, 3.63) is 29.3 Å². The third-order valence-electron chi connectivity index (χ3n) is 2.75. The molecule has 1 aromatic rings. The topological polar surface area (TPSA) is 63.6 Å². The van der Waals surface area contributed by atoms with E-state index >= 15 is 0 Å². The maximum atomic E-state index is 10.7. The monoisotopic (exact) mass is 250 g/mol. The first kappa shape index (κ1) is 14.2. The summed E-state index contributed by atoms with van der Waals surface area (Å²) in [5.74, 6) is -0.0386. The van der Waals surface area contributed by atoms with Crippen LogP contribution in [0.15, 0.2) is 18.2 Å². The highest BCUT2D eigenvalue weighted by Gasteiger charge is 2.04. The van der Waals surface area contributed by atoms with Crippen LogP contribution in [0.25, 0.3) is 0 Å². The number of ether oxygens (including phenoxy) is 1. The van der Waals surface area contributed by atoms with Gasteiger partial charge in [0.05, 0.1) is 6.61 Å². The molecular weight excluding hydrogens is 232 g/mol. The summed E-state index contributed by atoms with van der Waals surface area (Å²) in [7, 11) is 0. The Bertz CT molecular complexity index is 412. The van der Waals surface area contributed by atoms with Crippen molar-refractivity contribution in [1.82, 2.24) is 0 Å². The van der Waals surface area contributed by atoms with Crippen molar-refractivity contribution in [1.29, 1.82) is 0 Å². The zero-order valence-electron chi connectivity index (χ0n) is 10.5. The van der Waals surface area contributed by atoms with Gasteiger partial charge in [-0.2, -0.15) is 0 Å². The van der Waals surface area contributed by atoms with Gasteiger partial charge in [-0.25, -0.2) is 0 Å². The summed E-state index contributed by atoms with van der Waals surface area (Å²) in [5, 5.41) is 8.48. The minimum atomic E-state index is -0.759. The first-order valence-corrected chi connectivity index (χ1v) is 6.04. The van der Waals surface area contributed by atoms with E-state index in [0.717, 1.165) is 30.4 Å². The molecule has 98 valence electrons. The zero-order chi connectivity index (χ0) is 13.4. The molecule has 0 amide bonds. The SMILES string of the molecule is Cc1c(C=O)cccc1OCCCCCC(=O)O. The van der Waals surface area contributed by atoms with Gasteiger partial charge in [0.2, 0.25) is 0 Å². The molecule has 0 bridgehead atoms. The number of aliphatic carboxylic acids is 1. The van der Waals surface area contributed by atoms with Crippen molar-refractivity contribution in [3.8, 4) is 5.75 Å². The van der Waals surface area contributed by atoms with Gasteiger partial charge in [0, 0.05) is 17.5 Å². The van der Waals surface area contributed by atoms with E-state index in [0.29, 0.717) is 18.6 Å². The number of unbranched alkanes of at least 4 members (excludes halogenated alkanes) is 2. The number of hydrogen-bond donors (Lipinski definition) is 1. The molecule has 0 saturated carbocycles. The predicted octanol–water partition coefficient (Wildman–Crippen LogP) is 2.83. The van der Waals surface area contributed by atoms with Gasteiger partial charge in [-0.3, -0.25) is 9.59 Å². The van der Waals surface area contributed by atoms with Crippen LogP contribution < -0.4 is 4.74 Å². The van der Waals surface area contributed by atoms with Gasteiger partial charge in [0.1, 0.15) is 12.0 Å². The molecule has 4 heteroatoms. The second-order valence-electron chi connectivity index (χ2n) is 4.14. The molecule has 0 heterocycles. The summed E-state index contributed by atoms with van der Waals surface area (Å²) in [6, 6.07) is 5.37. The van der Waals surface area contributed by atoms with Gasteiger partial charge in [0.25, 0.3) is 0 Å². The largest absolute Gasteiger partial charge is 0.493 e. The Balaban J connectivity index is 2.31. The van der Waals surface area contributed by atoms with Crippen LogP contribution in [-0.4, -0.2) is 24.0 Å². The molecule has 0 fully saturated rings. The fraction of sp³-hybridized carbons (Fsp3) is 0.429. The van der Waals surface area contributed by atoms with Gasteiger partial charge >= 0.3 is 5.97 Å². The Labute approximate surface area is 107 Å². The summed E-state index contributed by atoms with van der Waals surface area (Å²) in [5.41, 5.74) is 1.48. The van der Waals surface area contributed by atoms with E-state index in [1.807, 2.05) is 13.0 Å². The van der Waals surface area contributed by atoms with Crippen molar-refractivity contribution in [2.45, 2.75) is 32.6 Å². The maximum absolute atomic E-state index is 10.7. The Morgan fingerprint density at radius 2 is 2.11 bits per heavy atom. The standard InChI is InChI=1S/C14H18O4/c1-11-12(10-15)6-5-7-13(11)18-9-4-2-3-8-14(16)17/h5-7,10H,2-4,8-9H2,1H3,(H,16,17). The molecule has 0 aromatic heterocycles. The fourth-order valence-electron chi connectivity index (χ4n) is 1.65. The summed E-state index contributed by atoms with van der Waals surface area (Å²) in [4.78, 5) is 21.1. The van der Waals surface area contributed by atoms with Crippen LogP contribution in [0.3, 0.4) is 0 Å². The van der Waals surface area contributed by atoms with Gasteiger partial charge in [-0.05, 0) is 32.3 Å². The second kappa shape index (κ2) is 7.48. The number of carboxylic acids is 1. The quantitative estimate of drug-likeness (QED) is 0.569. The number of carboxylic acid groups (broad SMARTS) is 1. The minimum Gasteiger partial charge on any atom is -0.493 e. The van der Waals surface area contributed by atoms with Crippen molar-refractivity contribution < 1.29 is 19.4 Å². The van der Waals surface area contributed by atoms with Gasteiger partial charge < -0.3 is 9.84 Å². The first-order chi connectivity index (χ1) is 8.65. The second-order valence-corrected chi connectivity index (χ2v) is 4.14. The summed E-state index contributed by atoms with van der Waals surface area (Å²) in [6.45, 7) is 2.40. The molecule has 0 unspecified atom stereocenters. The van der Waals surface area contributed by atoms with Crippen molar-refractivity contribution in [3.63, 3.8) is 0 Å². The van der Waals surface area contributed by atoms with Gasteiger partial charge in [-0.15, -0.1) is 0 Å². The fourth-order valence-corrected chi connectivity index (χ4v) is 1.65. The minimum absolute atomic E-state index is 0.208. The molecule has 0 radical (unpaired) electrons.